The lowest BCUT2D eigenvalue weighted by Crippen LogP contribution is -2.28. The first-order chi connectivity index (χ1) is 13.1. The fourth-order valence-corrected chi connectivity index (χ4v) is 3.89. The third-order valence-electron chi connectivity index (χ3n) is 5.17. The Bertz CT molecular complexity index is 968. The molecule has 0 N–H and O–H groups in total. The van der Waals surface area contributed by atoms with Crippen LogP contribution in [0.5, 0.6) is 0 Å². The molecule has 5 nitrogen and oxygen atoms in total. The highest BCUT2D eigenvalue weighted by molar-refractivity contribution is 6.31. The van der Waals surface area contributed by atoms with Crippen molar-refractivity contribution in [2.75, 3.05) is 13.1 Å². The van der Waals surface area contributed by atoms with Crippen LogP contribution in [-0.4, -0.2) is 38.9 Å². The molecule has 1 saturated heterocycles. The van der Waals surface area contributed by atoms with Crippen LogP contribution in [0.25, 0.3) is 0 Å². The highest BCUT2D eigenvalue weighted by Crippen LogP contribution is 2.32. The number of aryl methyl sites for hydroxylation is 1. The minimum absolute atomic E-state index is 0.0689. The van der Waals surface area contributed by atoms with Crippen LogP contribution in [0.1, 0.15) is 39.5 Å². The third-order valence-corrected chi connectivity index (χ3v) is 5.52. The molecule has 0 saturated carbocycles. The first kappa shape index (κ1) is 17.7. The zero-order valence-electron chi connectivity index (χ0n) is 15.2. The lowest BCUT2D eigenvalue weighted by atomic mass is 9.98. The summed E-state index contributed by atoms with van der Waals surface area (Å²) in [5, 5.41) is 9.00. The number of aromatic nitrogens is 3. The molecule has 0 aliphatic carbocycles. The highest BCUT2D eigenvalue weighted by Gasteiger charge is 2.30. The number of rotatable bonds is 4. The fourth-order valence-electron chi connectivity index (χ4n) is 3.60. The van der Waals surface area contributed by atoms with Crippen molar-refractivity contribution in [3.05, 3.63) is 82.1 Å². The minimum Gasteiger partial charge on any atom is -0.337 e. The van der Waals surface area contributed by atoms with Crippen LogP contribution in [0.15, 0.2) is 54.7 Å². The average molecular weight is 381 g/mol. The van der Waals surface area contributed by atoms with Crippen LogP contribution in [0.2, 0.25) is 5.02 Å². The number of benzene rings is 2. The number of nitrogens with zero attached hydrogens (tertiary/aromatic N) is 4. The summed E-state index contributed by atoms with van der Waals surface area (Å²) in [6.07, 6.45) is 2.64. The molecule has 1 amide bonds. The Labute approximate surface area is 163 Å². The molecule has 3 aromatic rings. The van der Waals surface area contributed by atoms with E-state index in [0.29, 0.717) is 25.3 Å². The third kappa shape index (κ3) is 3.74. The van der Waals surface area contributed by atoms with E-state index in [0.717, 1.165) is 17.0 Å². The number of carbonyl (C=O) groups excluding carboxylic acids is 1. The van der Waals surface area contributed by atoms with Gasteiger partial charge in [-0.15, -0.1) is 5.10 Å². The van der Waals surface area contributed by atoms with Gasteiger partial charge >= 0.3 is 0 Å². The van der Waals surface area contributed by atoms with Crippen LogP contribution in [0, 0.1) is 6.92 Å². The zero-order chi connectivity index (χ0) is 18.8. The summed E-state index contributed by atoms with van der Waals surface area (Å²) in [6.45, 7) is 4.04. The van der Waals surface area contributed by atoms with Crippen LogP contribution < -0.4 is 0 Å². The van der Waals surface area contributed by atoms with Crippen LogP contribution in [0.4, 0.5) is 0 Å². The maximum atomic E-state index is 12.8. The molecule has 1 unspecified atom stereocenters. The van der Waals surface area contributed by atoms with Crippen molar-refractivity contribution in [1.82, 2.24) is 19.9 Å². The lowest BCUT2D eigenvalue weighted by molar-refractivity contribution is 0.0785. The summed E-state index contributed by atoms with van der Waals surface area (Å²) in [6, 6.07) is 16.0. The molecule has 0 bridgehead atoms. The van der Waals surface area contributed by atoms with Crippen molar-refractivity contribution in [3.8, 4) is 0 Å². The SMILES string of the molecule is Cc1ccccc1Cn1cc(C(=O)N2CCC(c3ccccc3Cl)C2)nn1. The van der Waals surface area contributed by atoms with Crippen LogP contribution in [-0.2, 0) is 6.54 Å². The predicted octanol–water partition coefficient (Wildman–Crippen LogP) is 3.92. The van der Waals surface area contributed by atoms with Crippen molar-refractivity contribution >= 4 is 17.5 Å². The summed E-state index contributed by atoms with van der Waals surface area (Å²) in [5.74, 6) is 0.199. The van der Waals surface area contributed by atoms with Gasteiger partial charge < -0.3 is 4.90 Å². The van der Waals surface area contributed by atoms with Crippen molar-refractivity contribution in [3.63, 3.8) is 0 Å². The number of hydrogen-bond donors (Lipinski definition) is 0. The second-order valence-electron chi connectivity index (χ2n) is 6.99. The average Bonchev–Trinajstić information content (AvgIpc) is 3.33. The van der Waals surface area contributed by atoms with E-state index < -0.39 is 0 Å². The van der Waals surface area contributed by atoms with Gasteiger partial charge in [-0.05, 0) is 36.1 Å². The summed E-state index contributed by atoms with van der Waals surface area (Å²) < 4.78 is 1.72. The summed E-state index contributed by atoms with van der Waals surface area (Å²) >= 11 is 6.31. The predicted molar refractivity (Wildman–Crippen MR) is 105 cm³/mol. The van der Waals surface area contributed by atoms with Gasteiger partial charge in [0.2, 0.25) is 0 Å². The first-order valence-electron chi connectivity index (χ1n) is 9.10. The van der Waals surface area contributed by atoms with Gasteiger partial charge in [-0.1, -0.05) is 59.3 Å². The van der Waals surface area contributed by atoms with Gasteiger partial charge in [0.25, 0.3) is 5.91 Å². The maximum absolute atomic E-state index is 12.8. The van der Waals surface area contributed by atoms with E-state index in [9.17, 15) is 4.79 Å². The Morgan fingerprint density at radius 3 is 2.78 bits per heavy atom. The van der Waals surface area contributed by atoms with E-state index in [1.165, 1.54) is 11.1 Å². The Balaban J connectivity index is 1.44. The topological polar surface area (TPSA) is 51.0 Å². The molecule has 2 aromatic carbocycles. The Kier molecular flexibility index (Phi) is 4.94. The zero-order valence-corrected chi connectivity index (χ0v) is 15.9. The molecule has 138 valence electrons. The van der Waals surface area contributed by atoms with E-state index in [-0.39, 0.29) is 11.8 Å². The monoisotopic (exact) mass is 380 g/mol. The molecule has 1 aliphatic rings. The van der Waals surface area contributed by atoms with E-state index in [1.54, 1.807) is 10.9 Å². The second kappa shape index (κ2) is 7.53. The lowest BCUT2D eigenvalue weighted by Gasteiger charge is -2.15. The largest absolute Gasteiger partial charge is 0.337 e. The quantitative estimate of drug-likeness (QED) is 0.689. The van der Waals surface area contributed by atoms with E-state index in [2.05, 4.69) is 29.4 Å². The molecule has 6 heteroatoms. The first-order valence-corrected chi connectivity index (χ1v) is 9.48. The standard InChI is InChI=1S/C21H21ClN4O/c1-15-6-2-3-7-16(15)13-26-14-20(23-24-26)21(27)25-11-10-17(12-25)18-8-4-5-9-19(18)22/h2-9,14,17H,10-13H2,1H3. The fraction of sp³-hybridized carbons (Fsp3) is 0.286. The number of hydrogen-bond acceptors (Lipinski definition) is 3. The van der Waals surface area contributed by atoms with Crippen molar-refractivity contribution in [2.24, 2.45) is 0 Å². The maximum Gasteiger partial charge on any atom is 0.276 e. The Hall–Kier alpha value is -2.66. The summed E-state index contributed by atoms with van der Waals surface area (Å²) in [4.78, 5) is 14.7. The second-order valence-corrected chi connectivity index (χ2v) is 7.39. The van der Waals surface area contributed by atoms with Crippen molar-refractivity contribution < 1.29 is 4.79 Å². The van der Waals surface area contributed by atoms with Gasteiger partial charge in [0, 0.05) is 24.0 Å². The molecule has 4 rings (SSSR count). The van der Waals surface area contributed by atoms with Gasteiger partial charge in [0.1, 0.15) is 0 Å². The minimum atomic E-state index is -0.0689. The number of halogens is 1. The summed E-state index contributed by atoms with van der Waals surface area (Å²) in [5.41, 5.74) is 3.87. The normalized spacial score (nSPS) is 16.7. The smallest absolute Gasteiger partial charge is 0.276 e. The molecular formula is C21H21ClN4O. The van der Waals surface area contributed by atoms with Gasteiger partial charge in [0.15, 0.2) is 5.69 Å². The molecule has 27 heavy (non-hydrogen) atoms. The number of likely N-dealkylation sites (tertiary alicyclic amines) is 1. The number of amides is 1. The number of carbonyl (C=O) groups is 1. The molecule has 1 aliphatic heterocycles. The summed E-state index contributed by atoms with van der Waals surface area (Å²) in [7, 11) is 0. The van der Waals surface area contributed by atoms with Crippen molar-refractivity contribution in [2.45, 2.75) is 25.8 Å². The van der Waals surface area contributed by atoms with E-state index >= 15 is 0 Å². The molecule has 1 fully saturated rings. The van der Waals surface area contributed by atoms with Crippen LogP contribution in [0.3, 0.4) is 0 Å². The van der Waals surface area contributed by atoms with Gasteiger partial charge in [0.05, 0.1) is 12.7 Å². The van der Waals surface area contributed by atoms with Crippen LogP contribution >= 0.6 is 11.6 Å². The van der Waals surface area contributed by atoms with Gasteiger partial charge in [-0.25, -0.2) is 4.68 Å². The Morgan fingerprint density at radius 2 is 1.96 bits per heavy atom. The molecular weight excluding hydrogens is 360 g/mol. The van der Waals surface area contributed by atoms with E-state index in [1.807, 2.05) is 41.3 Å². The molecule has 0 spiro atoms. The molecule has 1 aromatic heterocycles. The molecule has 1 atom stereocenters. The van der Waals surface area contributed by atoms with Gasteiger partial charge in [-0.3, -0.25) is 4.79 Å². The van der Waals surface area contributed by atoms with Crippen molar-refractivity contribution in [1.29, 1.82) is 0 Å². The Morgan fingerprint density at radius 1 is 1.19 bits per heavy atom. The highest BCUT2D eigenvalue weighted by atomic mass is 35.5. The van der Waals surface area contributed by atoms with E-state index in [4.69, 9.17) is 11.6 Å². The van der Waals surface area contributed by atoms with Gasteiger partial charge in [-0.2, -0.15) is 0 Å². The molecule has 2 heterocycles. The molecule has 0 radical (unpaired) electrons.